The SMILES string of the molecule is O=C1NC(CCCNC(=O)C(F)(F)F)C(=O)O1. The van der Waals surface area contributed by atoms with Crippen LogP contribution in [0.25, 0.3) is 0 Å². The van der Waals surface area contributed by atoms with Crippen LogP contribution >= 0.6 is 0 Å². The minimum Gasteiger partial charge on any atom is -0.375 e. The van der Waals surface area contributed by atoms with Gasteiger partial charge in [0.2, 0.25) is 0 Å². The van der Waals surface area contributed by atoms with E-state index in [1.165, 1.54) is 0 Å². The number of alkyl halides is 3. The third-order valence-corrected chi connectivity index (χ3v) is 1.98. The van der Waals surface area contributed by atoms with Crippen molar-refractivity contribution in [2.45, 2.75) is 25.1 Å². The highest BCUT2D eigenvalue weighted by atomic mass is 19.4. The summed E-state index contributed by atoms with van der Waals surface area (Å²) in [6.07, 6.45) is -5.58. The predicted molar refractivity (Wildman–Crippen MR) is 46.7 cm³/mol. The molecule has 9 heteroatoms. The van der Waals surface area contributed by atoms with E-state index in [0.29, 0.717) is 0 Å². The van der Waals surface area contributed by atoms with E-state index in [4.69, 9.17) is 0 Å². The van der Waals surface area contributed by atoms with Crippen LogP contribution in [0.5, 0.6) is 0 Å². The molecule has 1 aliphatic rings. The van der Waals surface area contributed by atoms with Crippen molar-refractivity contribution in [3.05, 3.63) is 0 Å². The van der Waals surface area contributed by atoms with E-state index in [1.54, 1.807) is 5.32 Å². The Labute approximate surface area is 93.5 Å². The molecule has 0 aromatic rings. The quantitative estimate of drug-likeness (QED) is 0.422. The lowest BCUT2D eigenvalue weighted by atomic mass is 10.1. The number of cyclic esters (lactones) is 2. The number of carbonyl (C=O) groups excluding carboxylic acids is 3. The lowest BCUT2D eigenvalue weighted by Crippen LogP contribution is -2.38. The zero-order valence-corrected chi connectivity index (χ0v) is 8.47. The molecule has 0 spiro atoms. The van der Waals surface area contributed by atoms with Gasteiger partial charge in [-0.3, -0.25) is 4.79 Å². The topological polar surface area (TPSA) is 84.5 Å². The first kappa shape index (κ1) is 13.3. The number of carbonyl (C=O) groups is 3. The van der Waals surface area contributed by atoms with Gasteiger partial charge in [0.15, 0.2) is 0 Å². The minimum absolute atomic E-state index is 0.0999. The summed E-state index contributed by atoms with van der Waals surface area (Å²) in [7, 11) is 0. The second kappa shape index (κ2) is 5.02. The van der Waals surface area contributed by atoms with Crippen molar-refractivity contribution in [2.75, 3.05) is 6.54 Å². The van der Waals surface area contributed by atoms with Crippen LogP contribution in [0.2, 0.25) is 0 Å². The molecule has 1 unspecified atom stereocenters. The largest absolute Gasteiger partial charge is 0.471 e. The maximum absolute atomic E-state index is 11.7. The maximum atomic E-state index is 11.7. The fourth-order valence-electron chi connectivity index (χ4n) is 1.19. The van der Waals surface area contributed by atoms with E-state index in [1.807, 2.05) is 0 Å². The number of rotatable bonds is 4. The second-order valence-electron chi connectivity index (χ2n) is 3.30. The van der Waals surface area contributed by atoms with Gasteiger partial charge < -0.3 is 15.4 Å². The van der Waals surface area contributed by atoms with E-state index >= 15 is 0 Å². The van der Waals surface area contributed by atoms with Crippen LogP contribution < -0.4 is 10.6 Å². The van der Waals surface area contributed by atoms with Gasteiger partial charge in [-0.05, 0) is 12.8 Å². The fraction of sp³-hybridized carbons (Fsp3) is 0.625. The molecule has 0 aliphatic carbocycles. The molecule has 1 atom stereocenters. The molecule has 1 rings (SSSR count). The standard InChI is InChI=1S/C8H9F3N2O4/c9-8(10,11)6(15)12-3-1-2-4-5(14)17-7(16)13-4/h4H,1-3H2,(H,12,15)(H,13,16). The van der Waals surface area contributed by atoms with Crippen molar-refractivity contribution in [1.82, 2.24) is 10.6 Å². The van der Waals surface area contributed by atoms with Gasteiger partial charge in [0.05, 0.1) is 0 Å². The monoisotopic (exact) mass is 254 g/mol. The van der Waals surface area contributed by atoms with Gasteiger partial charge in [-0.2, -0.15) is 13.2 Å². The molecular weight excluding hydrogens is 245 g/mol. The number of ether oxygens (including phenoxy) is 1. The number of hydrogen-bond acceptors (Lipinski definition) is 4. The molecular formula is C8H9F3N2O4. The summed E-state index contributed by atoms with van der Waals surface area (Å²) in [5, 5.41) is 3.82. The Hall–Kier alpha value is -1.80. The molecule has 96 valence electrons. The van der Waals surface area contributed by atoms with Crippen molar-refractivity contribution in [2.24, 2.45) is 0 Å². The molecule has 0 radical (unpaired) electrons. The minimum atomic E-state index is -4.92. The van der Waals surface area contributed by atoms with Crippen LogP contribution in [0.4, 0.5) is 18.0 Å². The highest BCUT2D eigenvalue weighted by molar-refractivity contribution is 5.95. The average Bonchev–Trinajstić information content (AvgIpc) is 2.50. The van der Waals surface area contributed by atoms with Gasteiger partial charge in [-0.15, -0.1) is 0 Å². The van der Waals surface area contributed by atoms with Crippen molar-refractivity contribution < 1.29 is 32.3 Å². The van der Waals surface area contributed by atoms with E-state index < -0.39 is 30.2 Å². The second-order valence-corrected chi connectivity index (χ2v) is 3.30. The Kier molecular flexibility index (Phi) is 3.92. The molecule has 1 heterocycles. The van der Waals surface area contributed by atoms with E-state index in [9.17, 15) is 27.6 Å². The summed E-state index contributed by atoms with van der Waals surface area (Å²) in [5.41, 5.74) is 0. The number of amides is 2. The Morgan fingerprint density at radius 1 is 1.41 bits per heavy atom. The fourth-order valence-corrected chi connectivity index (χ4v) is 1.19. The van der Waals surface area contributed by atoms with Crippen molar-refractivity contribution in [3.8, 4) is 0 Å². The van der Waals surface area contributed by atoms with Crippen LogP contribution in [0, 0.1) is 0 Å². The summed E-state index contributed by atoms with van der Waals surface area (Å²) in [5.74, 6) is -2.80. The lowest BCUT2D eigenvalue weighted by molar-refractivity contribution is -0.173. The van der Waals surface area contributed by atoms with Gasteiger partial charge in [-0.1, -0.05) is 0 Å². The number of halogens is 3. The Bertz CT molecular complexity index is 342. The number of esters is 1. The maximum Gasteiger partial charge on any atom is 0.471 e. The summed E-state index contributed by atoms with van der Waals surface area (Å²) in [6.45, 7) is -0.238. The molecule has 2 amide bonds. The smallest absolute Gasteiger partial charge is 0.375 e. The Balaban J connectivity index is 2.19. The summed E-state index contributed by atoms with van der Waals surface area (Å²) in [6, 6.07) is -0.856. The van der Waals surface area contributed by atoms with Gasteiger partial charge in [0.25, 0.3) is 0 Å². The highest BCUT2D eigenvalue weighted by Crippen LogP contribution is 2.14. The van der Waals surface area contributed by atoms with Gasteiger partial charge in [0.1, 0.15) is 6.04 Å². The van der Waals surface area contributed by atoms with E-state index in [0.717, 1.165) is 0 Å². The van der Waals surface area contributed by atoms with Gasteiger partial charge >= 0.3 is 24.1 Å². The Morgan fingerprint density at radius 2 is 2.06 bits per heavy atom. The molecule has 1 aliphatic heterocycles. The van der Waals surface area contributed by atoms with Crippen LogP contribution in [0.1, 0.15) is 12.8 Å². The molecule has 1 fully saturated rings. The van der Waals surface area contributed by atoms with Gasteiger partial charge in [-0.25, -0.2) is 9.59 Å². The number of alkyl carbamates (subject to hydrolysis) is 1. The molecule has 6 nitrogen and oxygen atoms in total. The zero-order chi connectivity index (χ0) is 13.1. The van der Waals surface area contributed by atoms with Crippen LogP contribution in [0.15, 0.2) is 0 Å². The summed E-state index contributed by atoms with van der Waals surface area (Å²) < 4.78 is 39.4. The highest BCUT2D eigenvalue weighted by Gasteiger charge is 2.38. The van der Waals surface area contributed by atoms with Crippen LogP contribution in [0.3, 0.4) is 0 Å². The van der Waals surface area contributed by atoms with Crippen molar-refractivity contribution >= 4 is 18.0 Å². The number of nitrogens with one attached hydrogen (secondary N) is 2. The van der Waals surface area contributed by atoms with Crippen molar-refractivity contribution in [3.63, 3.8) is 0 Å². The normalized spacial score (nSPS) is 19.8. The molecule has 17 heavy (non-hydrogen) atoms. The molecule has 0 bridgehead atoms. The number of hydrogen-bond donors (Lipinski definition) is 2. The van der Waals surface area contributed by atoms with Crippen LogP contribution in [-0.4, -0.2) is 36.7 Å². The van der Waals surface area contributed by atoms with E-state index in [-0.39, 0.29) is 19.4 Å². The molecule has 1 saturated heterocycles. The van der Waals surface area contributed by atoms with Crippen LogP contribution in [-0.2, 0) is 14.3 Å². The Morgan fingerprint density at radius 3 is 2.53 bits per heavy atom. The van der Waals surface area contributed by atoms with Crippen molar-refractivity contribution in [1.29, 1.82) is 0 Å². The zero-order valence-electron chi connectivity index (χ0n) is 8.47. The molecule has 0 saturated carbocycles. The first-order chi connectivity index (χ1) is 7.80. The molecule has 0 aromatic carbocycles. The van der Waals surface area contributed by atoms with E-state index in [2.05, 4.69) is 10.1 Å². The first-order valence-electron chi connectivity index (χ1n) is 4.68. The molecule has 0 aromatic heterocycles. The summed E-state index contributed by atoms with van der Waals surface area (Å²) in [4.78, 5) is 31.8. The third-order valence-electron chi connectivity index (χ3n) is 1.98. The lowest BCUT2D eigenvalue weighted by Gasteiger charge is -2.08. The third kappa shape index (κ3) is 3.93. The average molecular weight is 254 g/mol. The molecule has 2 N–H and O–H groups in total. The first-order valence-corrected chi connectivity index (χ1v) is 4.68. The summed E-state index contributed by atoms with van der Waals surface area (Å²) >= 11 is 0. The predicted octanol–water partition coefficient (Wildman–Crippen LogP) is 0.0801. The van der Waals surface area contributed by atoms with Gasteiger partial charge in [0, 0.05) is 6.54 Å².